The monoisotopic (exact) mass is 380 g/mol. The number of nitro benzene ring substituents is 1. The molecule has 0 atom stereocenters. The van der Waals surface area contributed by atoms with Gasteiger partial charge < -0.3 is 13.9 Å². The number of fused-ring (bicyclic) bond motifs is 2. The van der Waals surface area contributed by atoms with Crippen molar-refractivity contribution in [1.29, 1.82) is 0 Å². The summed E-state index contributed by atoms with van der Waals surface area (Å²) < 4.78 is 17.6. The first kappa shape index (κ1) is 15.8. The number of benzene rings is 2. The van der Waals surface area contributed by atoms with Crippen LogP contribution >= 0.6 is 11.3 Å². The Bertz CT molecular complexity index is 1130. The topological polar surface area (TPSA) is 87.6 Å². The van der Waals surface area contributed by atoms with Gasteiger partial charge in [0.2, 0.25) is 5.89 Å². The molecule has 0 amide bonds. The number of para-hydroxylation sites is 2. The summed E-state index contributed by atoms with van der Waals surface area (Å²) in [6.45, 7) is 0.882. The highest BCUT2D eigenvalue weighted by Crippen LogP contribution is 2.53. The Morgan fingerprint density at radius 3 is 2.37 bits per heavy atom. The highest BCUT2D eigenvalue weighted by Gasteiger charge is 2.29. The van der Waals surface area contributed by atoms with E-state index in [2.05, 4.69) is 4.98 Å². The number of oxazole rings is 1. The molecule has 3 heterocycles. The molecule has 4 aromatic rings. The molecule has 0 unspecified atom stereocenters. The summed E-state index contributed by atoms with van der Waals surface area (Å²) in [6.07, 6.45) is 0. The quantitative estimate of drug-likeness (QED) is 0.371. The van der Waals surface area contributed by atoms with Crippen molar-refractivity contribution in [2.75, 3.05) is 13.2 Å². The predicted molar refractivity (Wildman–Crippen MR) is 100 cm³/mol. The molecule has 0 saturated heterocycles. The Labute approximate surface area is 156 Å². The largest absolute Gasteiger partial charge is 0.485 e. The first-order chi connectivity index (χ1) is 13.2. The molecule has 1 aliphatic rings. The molecule has 0 radical (unpaired) electrons. The maximum atomic E-state index is 10.9. The molecule has 2 aromatic carbocycles. The lowest BCUT2D eigenvalue weighted by Gasteiger charge is -2.16. The minimum absolute atomic E-state index is 0.0421. The van der Waals surface area contributed by atoms with Crippen molar-refractivity contribution in [3.8, 4) is 32.7 Å². The van der Waals surface area contributed by atoms with Gasteiger partial charge in [-0.15, -0.1) is 11.3 Å². The van der Waals surface area contributed by atoms with E-state index in [-0.39, 0.29) is 5.69 Å². The van der Waals surface area contributed by atoms with E-state index in [1.54, 1.807) is 12.1 Å². The second kappa shape index (κ2) is 6.10. The van der Waals surface area contributed by atoms with Crippen LogP contribution in [0.3, 0.4) is 0 Å². The number of hydrogen-bond donors (Lipinski definition) is 0. The van der Waals surface area contributed by atoms with Gasteiger partial charge in [-0.05, 0) is 29.8 Å². The van der Waals surface area contributed by atoms with Crippen LogP contribution < -0.4 is 9.47 Å². The van der Waals surface area contributed by atoms with Gasteiger partial charge in [0.05, 0.1) is 9.80 Å². The first-order valence-electron chi connectivity index (χ1n) is 8.24. The molecule has 0 saturated carbocycles. The number of nitro groups is 1. The molecule has 134 valence electrons. The molecule has 27 heavy (non-hydrogen) atoms. The number of aromatic nitrogens is 1. The van der Waals surface area contributed by atoms with E-state index in [4.69, 9.17) is 13.9 Å². The summed E-state index contributed by atoms with van der Waals surface area (Å²) in [5, 5.41) is 10.9. The lowest BCUT2D eigenvalue weighted by atomic mass is 10.1. The third-order valence-electron chi connectivity index (χ3n) is 4.23. The van der Waals surface area contributed by atoms with Gasteiger partial charge in [-0.1, -0.05) is 12.1 Å². The molecule has 5 rings (SSSR count). The second-order valence-electron chi connectivity index (χ2n) is 5.91. The molecule has 2 aromatic heterocycles. The Hall–Kier alpha value is -3.39. The Morgan fingerprint density at radius 2 is 1.67 bits per heavy atom. The number of nitrogens with zero attached hydrogens (tertiary/aromatic N) is 2. The molecule has 1 aliphatic heterocycles. The van der Waals surface area contributed by atoms with E-state index in [0.29, 0.717) is 36.2 Å². The lowest BCUT2D eigenvalue weighted by molar-refractivity contribution is -0.384. The number of ether oxygens (including phenoxy) is 2. The zero-order valence-corrected chi connectivity index (χ0v) is 14.7. The first-order valence-corrected chi connectivity index (χ1v) is 9.05. The maximum Gasteiger partial charge on any atom is 0.269 e. The molecular weight excluding hydrogens is 368 g/mol. The van der Waals surface area contributed by atoms with E-state index in [0.717, 1.165) is 20.8 Å². The van der Waals surface area contributed by atoms with Gasteiger partial charge >= 0.3 is 0 Å². The summed E-state index contributed by atoms with van der Waals surface area (Å²) in [6, 6.07) is 13.9. The Morgan fingerprint density at radius 1 is 0.963 bits per heavy atom. The normalized spacial score (nSPS) is 13.0. The lowest BCUT2D eigenvalue weighted by Crippen LogP contribution is -2.14. The highest BCUT2D eigenvalue weighted by atomic mass is 32.1. The highest BCUT2D eigenvalue weighted by molar-refractivity contribution is 7.19. The third-order valence-corrected chi connectivity index (χ3v) is 5.42. The van der Waals surface area contributed by atoms with Crippen molar-refractivity contribution < 1.29 is 18.8 Å². The van der Waals surface area contributed by atoms with E-state index < -0.39 is 4.92 Å². The van der Waals surface area contributed by atoms with Crippen LogP contribution in [0.1, 0.15) is 0 Å². The summed E-state index contributed by atoms with van der Waals surface area (Å²) >= 11 is 1.43. The summed E-state index contributed by atoms with van der Waals surface area (Å²) in [5.74, 6) is 1.69. The van der Waals surface area contributed by atoms with Crippen molar-refractivity contribution in [1.82, 2.24) is 4.98 Å². The molecule has 0 fully saturated rings. The molecule has 0 aliphatic carbocycles. The van der Waals surface area contributed by atoms with Crippen LogP contribution in [0.4, 0.5) is 5.69 Å². The predicted octanol–water partition coefficient (Wildman–Crippen LogP) is 4.90. The maximum absolute atomic E-state index is 10.9. The van der Waals surface area contributed by atoms with Crippen LogP contribution in [0.25, 0.3) is 32.3 Å². The van der Waals surface area contributed by atoms with E-state index in [1.807, 2.05) is 24.3 Å². The Kier molecular flexibility index (Phi) is 3.58. The fourth-order valence-electron chi connectivity index (χ4n) is 2.99. The van der Waals surface area contributed by atoms with E-state index in [9.17, 15) is 10.1 Å². The molecule has 0 N–H and O–H groups in total. The van der Waals surface area contributed by atoms with Crippen molar-refractivity contribution in [3.05, 3.63) is 58.6 Å². The van der Waals surface area contributed by atoms with Gasteiger partial charge in [-0.3, -0.25) is 10.1 Å². The van der Waals surface area contributed by atoms with Gasteiger partial charge in [0.1, 0.15) is 23.6 Å². The van der Waals surface area contributed by atoms with Gasteiger partial charge in [-0.2, -0.15) is 0 Å². The van der Waals surface area contributed by atoms with Crippen LogP contribution in [-0.4, -0.2) is 23.1 Å². The van der Waals surface area contributed by atoms with Gasteiger partial charge in [0.25, 0.3) is 5.69 Å². The third kappa shape index (κ3) is 2.61. The van der Waals surface area contributed by atoms with Crippen molar-refractivity contribution >= 4 is 28.1 Å². The van der Waals surface area contributed by atoms with Crippen molar-refractivity contribution in [2.24, 2.45) is 0 Å². The zero-order chi connectivity index (χ0) is 18.4. The minimum Gasteiger partial charge on any atom is -0.485 e. The fraction of sp³-hybridized carbons (Fsp3) is 0.105. The molecule has 0 spiro atoms. The van der Waals surface area contributed by atoms with Crippen LogP contribution in [0.2, 0.25) is 0 Å². The van der Waals surface area contributed by atoms with Gasteiger partial charge in [0.15, 0.2) is 17.1 Å². The number of rotatable bonds is 3. The van der Waals surface area contributed by atoms with Crippen LogP contribution in [0.15, 0.2) is 52.9 Å². The second-order valence-corrected chi connectivity index (χ2v) is 6.93. The summed E-state index contributed by atoms with van der Waals surface area (Å²) in [5.41, 5.74) is 2.32. The molecule has 7 nitrogen and oxygen atoms in total. The summed E-state index contributed by atoms with van der Waals surface area (Å²) in [4.78, 5) is 16.6. The Balaban J connectivity index is 1.66. The van der Waals surface area contributed by atoms with Crippen LogP contribution in [0, 0.1) is 10.1 Å². The number of hydrogen-bond acceptors (Lipinski definition) is 7. The zero-order valence-electron chi connectivity index (χ0n) is 13.9. The smallest absolute Gasteiger partial charge is 0.269 e. The average Bonchev–Trinajstić information content (AvgIpc) is 3.29. The van der Waals surface area contributed by atoms with Gasteiger partial charge in [-0.25, -0.2) is 4.98 Å². The fourth-order valence-corrected chi connectivity index (χ4v) is 4.11. The van der Waals surface area contributed by atoms with Crippen molar-refractivity contribution in [2.45, 2.75) is 0 Å². The minimum atomic E-state index is -0.420. The van der Waals surface area contributed by atoms with E-state index in [1.165, 1.54) is 23.5 Å². The van der Waals surface area contributed by atoms with Crippen LogP contribution in [0.5, 0.6) is 11.5 Å². The standard InChI is InChI=1S/C19H12N2O5S/c22-21(23)12-7-5-11(6-8-12)17-15-16(25-10-9-24-15)18(27-17)19-20-13-3-1-2-4-14(13)26-19/h1-8H,9-10H2. The summed E-state index contributed by atoms with van der Waals surface area (Å²) in [7, 11) is 0. The van der Waals surface area contributed by atoms with Crippen molar-refractivity contribution in [3.63, 3.8) is 0 Å². The number of non-ortho nitro benzene ring substituents is 1. The molecule has 8 heteroatoms. The average molecular weight is 380 g/mol. The van der Waals surface area contributed by atoms with Crippen LogP contribution in [-0.2, 0) is 0 Å². The molecule has 0 bridgehead atoms. The number of thiophene rings is 1. The van der Waals surface area contributed by atoms with E-state index >= 15 is 0 Å². The SMILES string of the molecule is O=[N+]([O-])c1ccc(-c2sc(-c3nc4ccccc4o3)c3c2OCCO3)cc1. The molecular formula is C19H12N2O5S. The van der Waals surface area contributed by atoms with Gasteiger partial charge in [0, 0.05) is 12.1 Å².